The van der Waals surface area contributed by atoms with E-state index >= 15 is 0 Å². The summed E-state index contributed by atoms with van der Waals surface area (Å²) in [5.74, 6) is 0.0344. The number of hydrogen-bond donors (Lipinski definition) is 2. The number of hydrogen-bond acceptors (Lipinski definition) is 4. The number of benzene rings is 1. The minimum Gasteiger partial charge on any atom is -0.319 e. The van der Waals surface area contributed by atoms with Crippen LogP contribution in [-0.2, 0) is 10.0 Å². The summed E-state index contributed by atoms with van der Waals surface area (Å²) in [4.78, 5) is 4.20. The monoisotopic (exact) mass is 265 g/mol. The van der Waals surface area contributed by atoms with Crippen molar-refractivity contribution in [2.75, 3.05) is 24.1 Å². The average Bonchev–Trinajstić information content (AvgIpc) is 2.37. The Kier molecular flexibility index (Phi) is 3.78. The fourth-order valence-electron chi connectivity index (χ4n) is 1.64. The molecular formula is C12H15N3O2S. The number of anilines is 1. The van der Waals surface area contributed by atoms with E-state index in [9.17, 15) is 8.42 Å². The van der Waals surface area contributed by atoms with E-state index in [-0.39, 0.29) is 5.75 Å². The molecule has 0 unspecified atom stereocenters. The third-order valence-electron chi connectivity index (χ3n) is 2.52. The molecule has 0 aliphatic carbocycles. The zero-order valence-corrected chi connectivity index (χ0v) is 10.9. The molecule has 0 spiro atoms. The van der Waals surface area contributed by atoms with Crippen molar-refractivity contribution in [2.24, 2.45) is 0 Å². The zero-order valence-electron chi connectivity index (χ0n) is 10.1. The smallest absolute Gasteiger partial charge is 0.234 e. The minimum atomic E-state index is -3.34. The summed E-state index contributed by atoms with van der Waals surface area (Å²) < 4.78 is 26.2. The maximum absolute atomic E-state index is 11.8. The highest BCUT2D eigenvalue weighted by molar-refractivity contribution is 7.92. The molecule has 1 aromatic heterocycles. The van der Waals surface area contributed by atoms with Crippen molar-refractivity contribution in [2.45, 2.75) is 0 Å². The number of para-hydroxylation sites is 1. The van der Waals surface area contributed by atoms with Gasteiger partial charge >= 0.3 is 0 Å². The largest absolute Gasteiger partial charge is 0.319 e. The van der Waals surface area contributed by atoms with Gasteiger partial charge in [-0.2, -0.15) is 0 Å². The van der Waals surface area contributed by atoms with E-state index in [1.807, 2.05) is 18.2 Å². The van der Waals surface area contributed by atoms with E-state index in [0.717, 1.165) is 5.39 Å². The summed E-state index contributed by atoms with van der Waals surface area (Å²) in [5, 5.41) is 3.72. The summed E-state index contributed by atoms with van der Waals surface area (Å²) in [6.07, 6.45) is 1.65. The van der Waals surface area contributed by atoms with Gasteiger partial charge in [0.25, 0.3) is 0 Å². The van der Waals surface area contributed by atoms with Gasteiger partial charge in [-0.25, -0.2) is 8.42 Å². The molecule has 0 amide bonds. The first kappa shape index (κ1) is 12.8. The van der Waals surface area contributed by atoms with E-state index in [1.165, 1.54) is 0 Å². The molecule has 0 saturated heterocycles. The number of fused-ring (bicyclic) bond motifs is 1. The first-order valence-corrected chi connectivity index (χ1v) is 7.26. The summed E-state index contributed by atoms with van der Waals surface area (Å²) in [7, 11) is -1.62. The number of sulfonamides is 1. The Balaban J connectivity index is 2.32. The first-order chi connectivity index (χ1) is 8.62. The molecule has 0 bridgehead atoms. The maximum atomic E-state index is 11.8. The van der Waals surface area contributed by atoms with Crippen LogP contribution in [0.5, 0.6) is 0 Å². The molecule has 2 aromatic rings. The predicted molar refractivity (Wildman–Crippen MR) is 73.1 cm³/mol. The molecule has 2 N–H and O–H groups in total. The normalized spacial score (nSPS) is 11.6. The summed E-state index contributed by atoms with van der Waals surface area (Å²) in [6, 6.07) is 9.13. The zero-order chi connectivity index (χ0) is 13.0. The minimum absolute atomic E-state index is 0.0344. The predicted octanol–water partition coefficient (Wildman–Crippen LogP) is 1.20. The van der Waals surface area contributed by atoms with Gasteiger partial charge in [-0.05, 0) is 19.2 Å². The Morgan fingerprint density at radius 3 is 2.78 bits per heavy atom. The molecule has 1 heterocycles. The van der Waals surface area contributed by atoms with Crippen LogP contribution in [-0.4, -0.2) is 32.7 Å². The van der Waals surface area contributed by atoms with Crippen molar-refractivity contribution in [3.05, 3.63) is 36.5 Å². The molecule has 0 fully saturated rings. The SMILES string of the molecule is CNCCS(=O)(=O)Nc1cccc2cccnc12. The molecule has 1 aromatic carbocycles. The van der Waals surface area contributed by atoms with Crippen LogP contribution in [0.2, 0.25) is 0 Å². The molecule has 0 saturated carbocycles. The number of nitrogens with one attached hydrogen (secondary N) is 2. The van der Waals surface area contributed by atoms with Crippen LogP contribution in [0.15, 0.2) is 36.5 Å². The third-order valence-corrected chi connectivity index (χ3v) is 3.79. The van der Waals surface area contributed by atoms with E-state index in [0.29, 0.717) is 17.7 Å². The number of aromatic nitrogens is 1. The Morgan fingerprint density at radius 2 is 2.00 bits per heavy atom. The van der Waals surface area contributed by atoms with Crippen molar-refractivity contribution in [3.63, 3.8) is 0 Å². The van der Waals surface area contributed by atoms with Crippen LogP contribution in [0.1, 0.15) is 0 Å². The fourth-order valence-corrected chi connectivity index (χ4v) is 2.72. The lowest BCUT2D eigenvalue weighted by molar-refractivity contribution is 0.599. The Hall–Kier alpha value is -1.66. The lowest BCUT2D eigenvalue weighted by Crippen LogP contribution is -2.24. The van der Waals surface area contributed by atoms with Crippen molar-refractivity contribution in [1.29, 1.82) is 0 Å². The lowest BCUT2D eigenvalue weighted by Gasteiger charge is -2.09. The summed E-state index contributed by atoms with van der Waals surface area (Å²) in [5.41, 5.74) is 1.18. The quantitative estimate of drug-likeness (QED) is 0.852. The number of pyridine rings is 1. The van der Waals surface area contributed by atoms with Crippen LogP contribution in [0.25, 0.3) is 10.9 Å². The van der Waals surface area contributed by atoms with Gasteiger partial charge < -0.3 is 5.32 Å². The molecule has 2 rings (SSSR count). The van der Waals surface area contributed by atoms with E-state index in [4.69, 9.17) is 0 Å². The van der Waals surface area contributed by atoms with Crippen LogP contribution in [0.3, 0.4) is 0 Å². The second-order valence-corrected chi connectivity index (χ2v) is 5.75. The molecule has 0 aliphatic heterocycles. The molecule has 5 nitrogen and oxygen atoms in total. The van der Waals surface area contributed by atoms with Crippen molar-refractivity contribution in [3.8, 4) is 0 Å². The molecular weight excluding hydrogens is 250 g/mol. The Labute approximate surface area is 106 Å². The van der Waals surface area contributed by atoms with Crippen LogP contribution >= 0.6 is 0 Å². The number of nitrogens with zero attached hydrogens (tertiary/aromatic N) is 1. The van der Waals surface area contributed by atoms with Crippen molar-refractivity contribution < 1.29 is 8.42 Å². The van der Waals surface area contributed by atoms with Crippen LogP contribution in [0.4, 0.5) is 5.69 Å². The Morgan fingerprint density at radius 1 is 1.22 bits per heavy atom. The van der Waals surface area contributed by atoms with Gasteiger partial charge in [0.2, 0.25) is 10.0 Å². The van der Waals surface area contributed by atoms with Crippen LogP contribution in [0, 0.1) is 0 Å². The van der Waals surface area contributed by atoms with Gasteiger partial charge in [0.15, 0.2) is 0 Å². The highest BCUT2D eigenvalue weighted by Gasteiger charge is 2.11. The van der Waals surface area contributed by atoms with Gasteiger partial charge in [-0.15, -0.1) is 0 Å². The van der Waals surface area contributed by atoms with E-state index < -0.39 is 10.0 Å². The molecule has 6 heteroatoms. The standard InChI is InChI=1S/C12H15N3O2S/c1-13-8-9-18(16,17)15-11-6-2-4-10-5-3-7-14-12(10)11/h2-7,13,15H,8-9H2,1H3. The van der Waals surface area contributed by atoms with Gasteiger partial charge in [0, 0.05) is 18.1 Å². The molecule has 0 radical (unpaired) electrons. The van der Waals surface area contributed by atoms with E-state index in [2.05, 4.69) is 15.0 Å². The van der Waals surface area contributed by atoms with Crippen molar-refractivity contribution >= 4 is 26.6 Å². The fraction of sp³-hybridized carbons (Fsp3) is 0.250. The van der Waals surface area contributed by atoms with Gasteiger partial charge in [0.1, 0.15) is 0 Å². The molecule has 0 aliphatic rings. The molecule has 96 valence electrons. The topological polar surface area (TPSA) is 71.1 Å². The average molecular weight is 265 g/mol. The highest BCUT2D eigenvalue weighted by Crippen LogP contribution is 2.21. The second-order valence-electron chi connectivity index (χ2n) is 3.91. The molecule has 18 heavy (non-hydrogen) atoms. The van der Waals surface area contributed by atoms with Gasteiger partial charge in [0.05, 0.1) is 17.0 Å². The maximum Gasteiger partial charge on any atom is 0.234 e. The second kappa shape index (κ2) is 5.32. The third kappa shape index (κ3) is 2.96. The first-order valence-electron chi connectivity index (χ1n) is 5.61. The summed E-state index contributed by atoms with van der Waals surface area (Å²) >= 11 is 0. The lowest BCUT2D eigenvalue weighted by atomic mass is 10.2. The van der Waals surface area contributed by atoms with Gasteiger partial charge in [-0.3, -0.25) is 9.71 Å². The van der Waals surface area contributed by atoms with Gasteiger partial charge in [-0.1, -0.05) is 18.2 Å². The van der Waals surface area contributed by atoms with Crippen molar-refractivity contribution in [1.82, 2.24) is 10.3 Å². The van der Waals surface area contributed by atoms with Crippen LogP contribution < -0.4 is 10.0 Å². The highest BCUT2D eigenvalue weighted by atomic mass is 32.2. The summed E-state index contributed by atoms with van der Waals surface area (Å²) in [6.45, 7) is 0.410. The molecule has 0 atom stereocenters. The van der Waals surface area contributed by atoms with E-state index in [1.54, 1.807) is 25.4 Å². The Bertz CT molecular complexity index is 635. The number of rotatable bonds is 5.